The van der Waals surface area contributed by atoms with Crippen LogP contribution in [-0.4, -0.2) is 23.6 Å². The summed E-state index contributed by atoms with van der Waals surface area (Å²) in [6.45, 7) is 7.85. The molecule has 3 rings (SSSR count). The number of nitrogens with zero attached hydrogens (tertiary/aromatic N) is 2. The highest BCUT2D eigenvalue weighted by molar-refractivity contribution is 8.03. The van der Waals surface area contributed by atoms with Crippen molar-refractivity contribution in [3.05, 3.63) is 28.7 Å². The fourth-order valence-electron chi connectivity index (χ4n) is 3.42. The zero-order valence-electron chi connectivity index (χ0n) is 16.3. The Kier molecular flexibility index (Phi) is 6.12. The molecule has 26 heavy (non-hydrogen) atoms. The predicted octanol–water partition coefficient (Wildman–Crippen LogP) is 5.09. The van der Waals surface area contributed by atoms with Crippen LogP contribution in [0.3, 0.4) is 0 Å². The first-order valence-corrected chi connectivity index (χ1v) is 10.4. The van der Waals surface area contributed by atoms with Gasteiger partial charge in [0.15, 0.2) is 5.82 Å². The van der Waals surface area contributed by atoms with Gasteiger partial charge in [0.05, 0.1) is 12.8 Å². The molecule has 0 spiro atoms. The van der Waals surface area contributed by atoms with Gasteiger partial charge in [-0.2, -0.15) is 0 Å². The van der Waals surface area contributed by atoms with Crippen molar-refractivity contribution in [2.45, 2.75) is 64.2 Å². The summed E-state index contributed by atoms with van der Waals surface area (Å²) in [7, 11) is 1.65. The average molecular weight is 375 g/mol. The van der Waals surface area contributed by atoms with Crippen LogP contribution in [0.1, 0.15) is 59.3 Å². The second kappa shape index (κ2) is 8.33. The molecule has 2 heterocycles. The number of unbranched alkanes of at least 4 members (excludes halogenated alkanes) is 4. The van der Waals surface area contributed by atoms with E-state index in [1.54, 1.807) is 25.2 Å². The molecule has 1 aliphatic carbocycles. The first-order chi connectivity index (χ1) is 12.5. The van der Waals surface area contributed by atoms with E-state index in [-0.39, 0.29) is 5.41 Å². The highest BCUT2D eigenvalue weighted by Gasteiger charge is 2.33. The van der Waals surface area contributed by atoms with E-state index in [1.807, 2.05) is 0 Å². The zero-order valence-corrected chi connectivity index (χ0v) is 17.1. The van der Waals surface area contributed by atoms with Gasteiger partial charge in [0.25, 0.3) is 0 Å². The Hall–Kier alpha value is -1.69. The molecule has 1 aromatic rings. The van der Waals surface area contributed by atoms with E-state index in [2.05, 4.69) is 47.4 Å². The summed E-state index contributed by atoms with van der Waals surface area (Å²) in [6.07, 6.45) is 11.4. The zero-order chi connectivity index (χ0) is 18.6. The van der Waals surface area contributed by atoms with Crippen molar-refractivity contribution in [3.8, 4) is 5.88 Å². The highest BCUT2D eigenvalue weighted by atomic mass is 32.2. The third-order valence-electron chi connectivity index (χ3n) is 4.74. The lowest BCUT2D eigenvalue weighted by Crippen LogP contribution is -2.29. The van der Waals surface area contributed by atoms with E-state index >= 15 is 0 Å². The van der Waals surface area contributed by atoms with E-state index in [9.17, 15) is 0 Å². The minimum absolute atomic E-state index is 0.123. The number of anilines is 1. The van der Waals surface area contributed by atoms with Gasteiger partial charge >= 0.3 is 0 Å². The van der Waals surface area contributed by atoms with Gasteiger partial charge in [-0.05, 0) is 18.3 Å². The van der Waals surface area contributed by atoms with Gasteiger partial charge in [0.1, 0.15) is 11.2 Å². The van der Waals surface area contributed by atoms with E-state index in [0.29, 0.717) is 5.88 Å². The van der Waals surface area contributed by atoms with Crippen LogP contribution in [-0.2, 0) is 0 Å². The summed E-state index contributed by atoms with van der Waals surface area (Å²) < 4.78 is 5.41. The third kappa shape index (κ3) is 4.34. The molecule has 0 saturated heterocycles. The number of hydrogen-bond acceptors (Lipinski definition) is 6. The van der Waals surface area contributed by atoms with Crippen LogP contribution in [0, 0.1) is 5.41 Å². The van der Waals surface area contributed by atoms with E-state index in [1.165, 1.54) is 42.7 Å². The van der Waals surface area contributed by atoms with Gasteiger partial charge in [-0.3, -0.25) is 0 Å². The SMILES string of the molecule is CCCCCCCNC1=C2Nc3ncnc(OC)c3SC2=CC(C)(C)C1. The number of nitrogens with one attached hydrogen (secondary N) is 2. The molecule has 0 atom stereocenters. The smallest absolute Gasteiger partial charge is 0.232 e. The molecule has 0 unspecified atom stereocenters. The van der Waals surface area contributed by atoms with Gasteiger partial charge in [-0.15, -0.1) is 0 Å². The number of methoxy groups -OCH3 is 1. The molecule has 0 amide bonds. The normalized spacial score (nSPS) is 17.8. The fraction of sp³-hybridized carbons (Fsp3) is 0.600. The van der Waals surface area contributed by atoms with Crippen LogP contribution < -0.4 is 15.4 Å². The summed E-state index contributed by atoms with van der Waals surface area (Å²) >= 11 is 1.70. The Morgan fingerprint density at radius 3 is 2.81 bits per heavy atom. The lowest BCUT2D eigenvalue weighted by Gasteiger charge is -2.35. The second-order valence-electron chi connectivity index (χ2n) is 7.66. The lowest BCUT2D eigenvalue weighted by molar-refractivity contribution is 0.386. The van der Waals surface area contributed by atoms with E-state index in [4.69, 9.17) is 4.74 Å². The number of allylic oxidation sites excluding steroid dienone is 2. The van der Waals surface area contributed by atoms with Crippen molar-refractivity contribution >= 4 is 17.6 Å². The number of ether oxygens (including phenoxy) is 1. The Balaban J connectivity index is 1.78. The minimum Gasteiger partial charge on any atom is -0.480 e. The molecule has 0 bridgehead atoms. The van der Waals surface area contributed by atoms with Crippen molar-refractivity contribution in [1.82, 2.24) is 15.3 Å². The molecule has 2 aliphatic rings. The van der Waals surface area contributed by atoms with E-state index < -0.39 is 0 Å². The van der Waals surface area contributed by atoms with Crippen LogP contribution >= 0.6 is 11.8 Å². The Morgan fingerprint density at radius 1 is 1.23 bits per heavy atom. The van der Waals surface area contributed by atoms with Gasteiger partial charge in [-0.1, -0.05) is 64.3 Å². The van der Waals surface area contributed by atoms with Crippen molar-refractivity contribution in [2.24, 2.45) is 5.41 Å². The van der Waals surface area contributed by atoms with Gasteiger partial charge < -0.3 is 15.4 Å². The topological polar surface area (TPSA) is 59.1 Å². The van der Waals surface area contributed by atoms with Crippen LogP contribution in [0.25, 0.3) is 0 Å². The molecule has 142 valence electrons. The molecule has 6 heteroatoms. The largest absolute Gasteiger partial charge is 0.480 e. The van der Waals surface area contributed by atoms with Crippen molar-refractivity contribution in [2.75, 3.05) is 19.0 Å². The maximum absolute atomic E-state index is 5.41. The molecule has 1 aromatic heterocycles. The highest BCUT2D eigenvalue weighted by Crippen LogP contribution is 2.50. The maximum atomic E-state index is 5.41. The van der Waals surface area contributed by atoms with Crippen molar-refractivity contribution < 1.29 is 4.74 Å². The second-order valence-corrected chi connectivity index (χ2v) is 8.71. The van der Waals surface area contributed by atoms with Crippen molar-refractivity contribution in [1.29, 1.82) is 0 Å². The van der Waals surface area contributed by atoms with Crippen LogP contribution in [0.15, 0.2) is 33.6 Å². The number of hydrogen-bond donors (Lipinski definition) is 2. The summed E-state index contributed by atoms with van der Waals surface area (Å²) in [6, 6.07) is 0. The maximum Gasteiger partial charge on any atom is 0.232 e. The summed E-state index contributed by atoms with van der Waals surface area (Å²) in [5, 5.41) is 7.22. The number of fused-ring (bicyclic) bond motifs is 2. The molecule has 0 aromatic carbocycles. The van der Waals surface area contributed by atoms with Crippen LogP contribution in [0.4, 0.5) is 5.82 Å². The molecule has 0 radical (unpaired) electrons. The molecule has 0 saturated carbocycles. The molecule has 2 N–H and O–H groups in total. The Morgan fingerprint density at radius 2 is 2.04 bits per heavy atom. The molecule has 0 fully saturated rings. The fourth-order valence-corrected chi connectivity index (χ4v) is 4.72. The monoisotopic (exact) mass is 374 g/mol. The van der Waals surface area contributed by atoms with E-state index in [0.717, 1.165) is 29.4 Å². The minimum atomic E-state index is 0.123. The van der Waals surface area contributed by atoms with Crippen LogP contribution in [0.5, 0.6) is 5.88 Å². The number of rotatable bonds is 8. The summed E-state index contributed by atoms with van der Waals surface area (Å²) in [4.78, 5) is 10.8. The Labute approximate surface area is 161 Å². The quantitative estimate of drug-likeness (QED) is 0.618. The van der Waals surface area contributed by atoms with Gasteiger partial charge in [-0.25, -0.2) is 9.97 Å². The Bertz CT molecular complexity index is 712. The molecular formula is C20H30N4OS. The number of aromatic nitrogens is 2. The van der Waals surface area contributed by atoms with Crippen molar-refractivity contribution in [3.63, 3.8) is 0 Å². The molecule has 1 aliphatic heterocycles. The molecular weight excluding hydrogens is 344 g/mol. The standard InChI is InChI=1S/C20H30N4OS/c1-5-6-7-8-9-10-21-14-11-20(2,3)12-15-16(14)24-18-17(26-15)19(25-4)23-13-22-18/h12-13,21H,5-11H2,1-4H3,(H,22,23,24). The first kappa shape index (κ1) is 19.1. The first-order valence-electron chi connectivity index (χ1n) is 9.58. The van der Waals surface area contributed by atoms with Gasteiger partial charge in [0.2, 0.25) is 5.88 Å². The lowest BCUT2D eigenvalue weighted by atomic mass is 9.83. The summed E-state index contributed by atoms with van der Waals surface area (Å²) in [5.74, 6) is 1.46. The average Bonchev–Trinajstić information content (AvgIpc) is 2.61. The van der Waals surface area contributed by atoms with Gasteiger partial charge in [0, 0.05) is 17.1 Å². The summed E-state index contributed by atoms with van der Waals surface area (Å²) in [5.41, 5.74) is 2.58. The molecule has 5 nitrogen and oxygen atoms in total. The number of thioether (sulfide) groups is 1. The third-order valence-corrected chi connectivity index (χ3v) is 5.86. The van der Waals surface area contributed by atoms with Crippen LogP contribution in [0.2, 0.25) is 0 Å². The predicted molar refractivity (Wildman–Crippen MR) is 108 cm³/mol.